The van der Waals surface area contributed by atoms with Gasteiger partial charge in [-0.15, -0.1) is 0 Å². The topological polar surface area (TPSA) is 79.9 Å². The molecule has 7 heteroatoms. The van der Waals surface area contributed by atoms with E-state index in [2.05, 4.69) is 10.6 Å². The average Bonchev–Trinajstić information content (AvgIpc) is 2.78. The van der Waals surface area contributed by atoms with E-state index < -0.39 is 6.04 Å². The van der Waals surface area contributed by atoms with Crippen molar-refractivity contribution in [3.8, 4) is 11.5 Å². The van der Waals surface area contributed by atoms with Gasteiger partial charge in [0, 0.05) is 22.8 Å². The van der Waals surface area contributed by atoms with Gasteiger partial charge in [-0.3, -0.25) is 14.5 Å². The Hall–Kier alpha value is -3.58. The number of hydrogen-bond donors (Lipinski definition) is 2. The summed E-state index contributed by atoms with van der Waals surface area (Å²) in [5, 5.41) is 7.86. The fourth-order valence-corrected chi connectivity index (χ4v) is 3.46. The Kier molecular flexibility index (Phi) is 6.04. The Morgan fingerprint density at radius 3 is 2.55 bits per heavy atom. The Morgan fingerprint density at radius 1 is 0.968 bits per heavy atom. The number of anilines is 2. The maximum Gasteiger partial charge on any atom is 0.241 e. The van der Waals surface area contributed by atoms with Crippen molar-refractivity contribution in [2.75, 3.05) is 37.4 Å². The number of carbonyl (C=O) groups excluding carboxylic acids is 2. The van der Waals surface area contributed by atoms with Gasteiger partial charge < -0.3 is 20.1 Å². The van der Waals surface area contributed by atoms with Crippen LogP contribution in [0.25, 0.3) is 10.8 Å². The number of fused-ring (bicyclic) bond motifs is 2. The summed E-state index contributed by atoms with van der Waals surface area (Å²) in [6, 6.07) is 18.4. The van der Waals surface area contributed by atoms with Crippen LogP contribution >= 0.6 is 0 Å². The highest BCUT2D eigenvalue weighted by molar-refractivity contribution is 6.03. The monoisotopic (exact) mass is 419 g/mol. The smallest absolute Gasteiger partial charge is 0.241 e. The molecule has 0 saturated heterocycles. The predicted octanol–water partition coefficient (Wildman–Crippen LogP) is 3.51. The number of amides is 2. The molecule has 31 heavy (non-hydrogen) atoms. The van der Waals surface area contributed by atoms with Crippen LogP contribution in [0.15, 0.2) is 60.7 Å². The van der Waals surface area contributed by atoms with Crippen LogP contribution in [0.5, 0.6) is 11.5 Å². The number of rotatable bonds is 6. The van der Waals surface area contributed by atoms with Gasteiger partial charge in [0.05, 0.1) is 12.6 Å². The standard InChI is InChI=1S/C24H25N3O4/c1-16(24(29)25-18-10-11-21-22(14-18)31-13-12-30-21)27(2)15-23(28)26-20-9-5-7-17-6-3-4-8-19(17)20/h3-11,14,16H,12-13,15H2,1-2H3,(H,25,29)(H,26,28)/t16-/m0/s1. The quantitative estimate of drug-likeness (QED) is 0.639. The van der Waals surface area contributed by atoms with E-state index >= 15 is 0 Å². The van der Waals surface area contributed by atoms with E-state index in [-0.39, 0.29) is 18.4 Å². The van der Waals surface area contributed by atoms with Gasteiger partial charge in [-0.25, -0.2) is 0 Å². The number of likely N-dealkylation sites (N-methyl/N-ethyl adjacent to an activating group) is 1. The lowest BCUT2D eigenvalue weighted by molar-refractivity contribution is -0.122. The van der Waals surface area contributed by atoms with Crippen LogP contribution in [0.3, 0.4) is 0 Å². The Balaban J connectivity index is 1.35. The van der Waals surface area contributed by atoms with Gasteiger partial charge in [-0.1, -0.05) is 36.4 Å². The van der Waals surface area contributed by atoms with E-state index in [4.69, 9.17) is 9.47 Å². The maximum atomic E-state index is 12.7. The van der Waals surface area contributed by atoms with Gasteiger partial charge in [0.1, 0.15) is 13.2 Å². The lowest BCUT2D eigenvalue weighted by atomic mass is 10.1. The molecule has 0 aromatic heterocycles. The van der Waals surface area contributed by atoms with Crippen molar-refractivity contribution >= 4 is 34.0 Å². The molecule has 0 aliphatic carbocycles. The molecule has 1 aliphatic rings. The van der Waals surface area contributed by atoms with E-state index in [0.717, 1.165) is 16.5 Å². The van der Waals surface area contributed by atoms with Gasteiger partial charge in [-0.2, -0.15) is 0 Å². The van der Waals surface area contributed by atoms with Crippen molar-refractivity contribution in [1.82, 2.24) is 4.90 Å². The maximum absolute atomic E-state index is 12.7. The second-order valence-electron chi connectivity index (χ2n) is 7.51. The summed E-state index contributed by atoms with van der Waals surface area (Å²) in [5.41, 5.74) is 1.37. The molecule has 0 bridgehead atoms. The van der Waals surface area contributed by atoms with E-state index in [9.17, 15) is 9.59 Å². The van der Waals surface area contributed by atoms with Gasteiger partial charge in [0.25, 0.3) is 0 Å². The third-order valence-corrected chi connectivity index (χ3v) is 5.31. The number of benzene rings is 3. The van der Waals surface area contributed by atoms with Crippen LogP contribution in [0.1, 0.15) is 6.92 Å². The van der Waals surface area contributed by atoms with Gasteiger partial charge in [-0.05, 0) is 37.6 Å². The third-order valence-electron chi connectivity index (χ3n) is 5.31. The largest absolute Gasteiger partial charge is 0.486 e. The van der Waals surface area contributed by atoms with Crippen molar-refractivity contribution < 1.29 is 19.1 Å². The lowest BCUT2D eigenvalue weighted by Crippen LogP contribution is -2.43. The molecule has 2 N–H and O–H groups in total. The summed E-state index contributed by atoms with van der Waals surface area (Å²) in [4.78, 5) is 27.0. The second kappa shape index (κ2) is 9.06. The first-order valence-electron chi connectivity index (χ1n) is 10.2. The minimum atomic E-state index is -0.508. The average molecular weight is 419 g/mol. The fraction of sp³-hybridized carbons (Fsp3) is 0.250. The van der Waals surface area contributed by atoms with E-state index in [1.807, 2.05) is 42.5 Å². The van der Waals surface area contributed by atoms with Gasteiger partial charge in [0.15, 0.2) is 11.5 Å². The van der Waals surface area contributed by atoms with E-state index in [0.29, 0.717) is 30.4 Å². The number of ether oxygens (including phenoxy) is 2. The lowest BCUT2D eigenvalue weighted by Gasteiger charge is -2.24. The summed E-state index contributed by atoms with van der Waals surface area (Å²) in [5.74, 6) is 0.883. The molecule has 1 atom stereocenters. The van der Waals surface area contributed by atoms with Crippen LogP contribution in [-0.4, -0.2) is 49.6 Å². The molecule has 3 aromatic rings. The molecule has 0 saturated carbocycles. The van der Waals surface area contributed by atoms with E-state index in [1.54, 1.807) is 37.1 Å². The highest BCUT2D eigenvalue weighted by Gasteiger charge is 2.21. The molecule has 0 unspecified atom stereocenters. The van der Waals surface area contributed by atoms with Gasteiger partial charge >= 0.3 is 0 Å². The molecule has 0 spiro atoms. The normalized spacial score (nSPS) is 13.6. The first-order valence-corrected chi connectivity index (χ1v) is 10.2. The molecule has 4 rings (SSSR count). The third kappa shape index (κ3) is 4.78. The van der Waals surface area contributed by atoms with Crippen molar-refractivity contribution in [3.05, 3.63) is 60.7 Å². The first-order chi connectivity index (χ1) is 15.0. The van der Waals surface area contributed by atoms with Crippen LogP contribution in [-0.2, 0) is 9.59 Å². The van der Waals surface area contributed by atoms with Crippen LogP contribution in [0.2, 0.25) is 0 Å². The number of hydrogen-bond acceptors (Lipinski definition) is 5. The summed E-state index contributed by atoms with van der Waals surface area (Å²) in [7, 11) is 1.75. The van der Waals surface area contributed by atoms with Crippen LogP contribution in [0, 0.1) is 0 Å². The molecule has 1 heterocycles. The highest BCUT2D eigenvalue weighted by Crippen LogP contribution is 2.32. The fourth-order valence-electron chi connectivity index (χ4n) is 3.46. The summed E-state index contributed by atoms with van der Waals surface area (Å²) >= 11 is 0. The molecule has 0 radical (unpaired) electrons. The zero-order valence-corrected chi connectivity index (χ0v) is 17.6. The molecule has 160 valence electrons. The highest BCUT2D eigenvalue weighted by atomic mass is 16.6. The first kappa shape index (κ1) is 20.7. The van der Waals surface area contributed by atoms with Crippen molar-refractivity contribution in [1.29, 1.82) is 0 Å². The van der Waals surface area contributed by atoms with E-state index in [1.165, 1.54) is 0 Å². The summed E-state index contributed by atoms with van der Waals surface area (Å²) in [6.07, 6.45) is 0. The number of nitrogens with zero attached hydrogens (tertiary/aromatic N) is 1. The predicted molar refractivity (Wildman–Crippen MR) is 121 cm³/mol. The molecule has 7 nitrogen and oxygen atoms in total. The SMILES string of the molecule is C[C@@H](C(=O)Nc1ccc2c(c1)OCCO2)N(C)CC(=O)Nc1cccc2ccccc12. The minimum absolute atomic E-state index is 0.0823. The molecule has 1 aliphatic heterocycles. The van der Waals surface area contributed by atoms with Crippen molar-refractivity contribution in [2.24, 2.45) is 0 Å². The Morgan fingerprint density at radius 2 is 1.71 bits per heavy atom. The van der Waals surface area contributed by atoms with Crippen LogP contribution < -0.4 is 20.1 Å². The second-order valence-corrected chi connectivity index (χ2v) is 7.51. The van der Waals surface area contributed by atoms with Crippen molar-refractivity contribution in [3.63, 3.8) is 0 Å². The van der Waals surface area contributed by atoms with Crippen molar-refractivity contribution in [2.45, 2.75) is 13.0 Å². The summed E-state index contributed by atoms with van der Waals surface area (Å²) in [6.45, 7) is 2.84. The molecular weight excluding hydrogens is 394 g/mol. The molecule has 3 aromatic carbocycles. The zero-order chi connectivity index (χ0) is 21.8. The van der Waals surface area contributed by atoms with Gasteiger partial charge in [0.2, 0.25) is 11.8 Å². The number of nitrogens with one attached hydrogen (secondary N) is 2. The number of carbonyl (C=O) groups is 2. The minimum Gasteiger partial charge on any atom is -0.486 e. The summed E-state index contributed by atoms with van der Waals surface area (Å²) < 4.78 is 11.1. The van der Waals surface area contributed by atoms with Crippen LogP contribution in [0.4, 0.5) is 11.4 Å². The molecule has 0 fully saturated rings. The Labute approximate surface area is 180 Å². The molecule has 2 amide bonds. The Bertz CT molecular complexity index is 1110. The zero-order valence-electron chi connectivity index (χ0n) is 17.6. The molecular formula is C24H25N3O4.